The zero-order valence-electron chi connectivity index (χ0n) is 7.85. The highest BCUT2D eigenvalue weighted by Crippen LogP contribution is 2.40. The van der Waals surface area contributed by atoms with Crippen molar-refractivity contribution >= 4 is 28.9 Å². The Balaban J connectivity index is 2.49. The molecular weight excluding hydrogens is 219 g/mol. The van der Waals surface area contributed by atoms with Crippen LogP contribution in [0.5, 0.6) is 0 Å². The summed E-state index contributed by atoms with van der Waals surface area (Å²) in [5, 5.41) is 4.63. The molecule has 1 heterocycles. The molecule has 76 valence electrons. The van der Waals surface area contributed by atoms with Gasteiger partial charge in [-0.15, -0.1) is 0 Å². The summed E-state index contributed by atoms with van der Waals surface area (Å²) in [7, 11) is 0. The van der Waals surface area contributed by atoms with Crippen LogP contribution in [0.2, 0.25) is 10.0 Å². The average molecular weight is 231 g/mol. The van der Waals surface area contributed by atoms with E-state index in [0.717, 1.165) is 17.8 Å². The minimum atomic E-state index is 0.0995. The van der Waals surface area contributed by atoms with E-state index < -0.39 is 0 Å². The third-order valence-electron chi connectivity index (χ3n) is 2.61. The lowest BCUT2D eigenvalue weighted by atomic mass is 9.95. The highest BCUT2D eigenvalue weighted by Gasteiger charge is 2.27. The van der Waals surface area contributed by atoms with Crippen LogP contribution >= 0.6 is 23.2 Å². The molecule has 14 heavy (non-hydrogen) atoms. The molecular formula is C10H12Cl2N2. The number of hydrogen-bond acceptors (Lipinski definition) is 2. The van der Waals surface area contributed by atoms with Gasteiger partial charge in [0.25, 0.3) is 0 Å². The highest BCUT2D eigenvalue weighted by molar-refractivity contribution is 6.35. The third-order valence-corrected chi connectivity index (χ3v) is 3.14. The Morgan fingerprint density at radius 3 is 2.86 bits per heavy atom. The third kappa shape index (κ3) is 1.58. The van der Waals surface area contributed by atoms with Crippen LogP contribution in [0.1, 0.15) is 18.4 Å². The molecule has 0 radical (unpaired) electrons. The summed E-state index contributed by atoms with van der Waals surface area (Å²) < 4.78 is 0. The van der Waals surface area contributed by atoms with Gasteiger partial charge in [0, 0.05) is 39.8 Å². The highest BCUT2D eigenvalue weighted by atomic mass is 35.5. The van der Waals surface area contributed by atoms with Crippen LogP contribution in [-0.4, -0.2) is 12.6 Å². The molecule has 1 aliphatic heterocycles. The first-order valence-corrected chi connectivity index (χ1v) is 5.33. The van der Waals surface area contributed by atoms with Crippen LogP contribution in [0.4, 0.5) is 5.69 Å². The van der Waals surface area contributed by atoms with E-state index in [1.807, 2.05) is 13.0 Å². The molecule has 2 unspecified atom stereocenters. The van der Waals surface area contributed by atoms with Gasteiger partial charge in [-0.05, 0) is 19.1 Å². The van der Waals surface area contributed by atoms with Gasteiger partial charge in [0.1, 0.15) is 0 Å². The number of nitrogens with one attached hydrogen (secondary N) is 1. The Morgan fingerprint density at radius 1 is 1.50 bits per heavy atom. The van der Waals surface area contributed by atoms with E-state index in [1.54, 1.807) is 6.07 Å². The quantitative estimate of drug-likeness (QED) is 0.779. The summed E-state index contributed by atoms with van der Waals surface area (Å²) >= 11 is 12.0. The fourth-order valence-electron chi connectivity index (χ4n) is 1.88. The number of halogens is 2. The van der Waals surface area contributed by atoms with Crippen molar-refractivity contribution in [2.75, 3.05) is 11.9 Å². The number of anilines is 1. The lowest BCUT2D eigenvalue weighted by Gasteiger charge is -2.15. The first-order valence-electron chi connectivity index (χ1n) is 4.58. The van der Waals surface area contributed by atoms with Crippen molar-refractivity contribution < 1.29 is 0 Å². The molecule has 0 aromatic heterocycles. The lowest BCUT2D eigenvalue weighted by molar-refractivity contribution is 0.610. The fourth-order valence-corrected chi connectivity index (χ4v) is 2.51. The number of hydrogen-bond donors (Lipinski definition) is 2. The molecule has 1 aliphatic rings. The van der Waals surface area contributed by atoms with E-state index in [0.29, 0.717) is 10.0 Å². The van der Waals surface area contributed by atoms with Crippen LogP contribution in [0, 0.1) is 0 Å². The van der Waals surface area contributed by atoms with Crippen LogP contribution in [0.3, 0.4) is 0 Å². The van der Waals surface area contributed by atoms with E-state index in [4.69, 9.17) is 28.9 Å². The van der Waals surface area contributed by atoms with Gasteiger partial charge in [0.15, 0.2) is 0 Å². The molecule has 4 heteroatoms. The fraction of sp³-hybridized carbons (Fsp3) is 0.400. The van der Waals surface area contributed by atoms with Crippen molar-refractivity contribution in [2.45, 2.75) is 18.9 Å². The van der Waals surface area contributed by atoms with Gasteiger partial charge < -0.3 is 11.1 Å². The van der Waals surface area contributed by atoms with Gasteiger partial charge in [0.05, 0.1) is 0 Å². The summed E-state index contributed by atoms with van der Waals surface area (Å²) in [6.07, 6.45) is 0. The van der Waals surface area contributed by atoms with Crippen LogP contribution in [-0.2, 0) is 0 Å². The molecule has 0 spiro atoms. The zero-order chi connectivity index (χ0) is 10.3. The van der Waals surface area contributed by atoms with E-state index in [-0.39, 0.29) is 12.0 Å². The molecule has 0 fully saturated rings. The number of fused-ring (bicyclic) bond motifs is 1. The number of nitrogens with two attached hydrogens (primary N) is 1. The molecule has 0 aliphatic carbocycles. The van der Waals surface area contributed by atoms with Crippen molar-refractivity contribution in [3.05, 3.63) is 27.7 Å². The van der Waals surface area contributed by atoms with E-state index in [9.17, 15) is 0 Å². The molecule has 1 aromatic carbocycles. The Bertz CT molecular complexity index is 363. The normalized spacial score (nSPS) is 21.6. The maximum Gasteiger partial charge on any atom is 0.0477 e. The molecule has 0 saturated carbocycles. The van der Waals surface area contributed by atoms with Crippen LogP contribution < -0.4 is 11.1 Å². The molecule has 2 atom stereocenters. The second kappa shape index (κ2) is 3.61. The second-order valence-electron chi connectivity index (χ2n) is 3.70. The topological polar surface area (TPSA) is 38.0 Å². The molecule has 2 rings (SSSR count). The molecule has 1 aromatic rings. The lowest BCUT2D eigenvalue weighted by Crippen LogP contribution is -2.26. The Hall–Kier alpha value is -0.440. The predicted molar refractivity (Wildman–Crippen MR) is 61.3 cm³/mol. The Kier molecular flexibility index (Phi) is 2.60. The first kappa shape index (κ1) is 10.1. The summed E-state index contributed by atoms with van der Waals surface area (Å²) in [6, 6.07) is 3.76. The van der Waals surface area contributed by atoms with Gasteiger partial charge in [-0.2, -0.15) is 0 Å². The SMILES string of the molecule is CC(N)C1CNc2cc(Cl)cc(Cl)c21. The van der Waals surface area contributed by atoms with E-state index >= 15 is 0 Å². The first-order chi connectivity index (χ1) is 6.59. The van der Waals surface area contributed by atoms with Gasteiger partial charge in [0.2, 0.25) is 0 Å². The standard InChI is InChI=1S/C10H12Cl2N2/c1-5(13)7-4-14-9-3-6(11)2-8(12)10(7)9/h2-3,5,7,14H,4,13H2,1H3. The molecule has 0 saturated heterocycles. The molecule has 3 N–H and O–H groups in total. The molecule has 2 nitrogen and oxygen atoms in total. The van der Waals surface area contributed by atoms with Crippen molar-refractivity contribution in [3.8, 4) is 0 Å². The maximum absolute atomic E-state index is 6.13. The van der Waals surface area contributed by atoms with Gasteiger partial charge >= 0.3 is 0 Å². The number of rotatable bonds is 1. The summed E-state index contributed by atoms with van der Waals surface area (Å²) in [5.74, 6) is 0.287. The smallest absolute Gasteiger partial charge is 0.0477 e. The Labute approximate surface area is 93.4 Å². The van der Waals surface area contributed by atoms with E-state index in [1.165, 1.54) is 0 Å². The second-order valence-corrected chi connectivity index (χ2v) is 4.54. The Morgan fingerprint density at radius 2 is 2.21 bits per heavy atom. The largest absolute Gasteiger partial charge is 0.384 e. The molecule has 0 bridgehead atoms. The summed E-state index contributed by atoms with van der Waals surface area (Å²) in [5.41, 5.74) is 8.01. The maximum atomic E-state index is 6.13. The van der Waals surface area contributed by atoms with Gasteiger partial charge in [-0.1, -0.05) is 23.2 Å². The summed E-state index contributed by atoms with van der Waals surface area (Å²) in [4.78, 5) is 0. The van der Waals surface area contributed by atoms with Crippen molar-refractivity contribution in [1.82, 2.24) is 0 Å². The minimum Gasteiger partial charge on any atom is -0.384 e. The average Bonchev–Trinajstić information content (AvgIpc) is 2.47. The number of benzene rings is 1. The summed E-state index contributed by atoms with van der Waals surface area (Å²) in [6.45, 7) is 2.83. The van der Waals surface area contributed by atoms with E-state index in [2.05, 4.69) is 5.32 Å². The minimum absolute atomic E-state index is 0.0995. The van der Waals surface area contributed by atoms with Crippen LogP contribution in [0.15, 0.2) is 12.1 Å². The van der Waals surface area contributed by atoms with Crippen molar-refractivity contribution in [2.24, 2.45) is 5.73 Å². The zero-order valence-corrected chi connectivity index (χ0v) is 9.36. The van der Waals surface area contributed by atoms with Crippen molar-refractivity contribution in [1.29, 1.82) is 0 Å². The predicted octanol–water partition coefficient (Wildman–Crippen LogP) is 2.85. The van der Waals surface area contributed by atoms with Crippen LogP contribution in [0.25, 0.3) is 0 Å². The van der Waals surface area contributed by atoms with Gasteiger partial charge in [-0.25, -0.2) is 0 Å². The molecule has 0 amide bonds. The van der Waals surface area contributed by atoms with Crippen molar-refractivity contribution in [3.63, 3.8) is 0 Å². The van der Waals surface area contributed by atoms with Gasteiger partial charge in [-0.3, -0.25) is 0 Å². The monoisotopic (exact) mass is 230 g/mol.